The van der Waals surface area contributed by atoms with Crippen molar-refractivity contribution in [2.45, 2.75) is 19.8 Å². The van der Waals surface area contributed by atoms with Gasteiger partial charge in [0.25, 0.3) is 5.56 Å². The van der Waals surface area contributed by atoms with Gasteiger partial charge in [0.1, 0.15) is 9.39 Å². The molecule has 100 valence electrons. The Morgan fingerprint density at radius 2 is 2.28 bits per heavy atom. The second kappa shape index (κ2) is 6.51. The topological polar surface area (TPSA) is 61.0 Å². The van der Waals surface area contributed by atoms with E-state index in [1.165, 1.54) is 32.3 Å². The zero-order chi connectivity index (χ0) is 13.0. The predicted octanol–water partition coefficient (Wildman–Crippen LogP) is 1.52. The third-order valence-corrected chi connectivity index (χ3v) is 4.51. The highest BCUT2D eigenvalue weighted by atomic mass is 127. The Bertz CT molecular complexity index is 440. The predicted molar refractivity (Wildman–Crippen MR) is 80.9 cm³/mol. The van der Waals surface area contributed by atoms with Crippen molar-refractivity contribution >= 4 is 28.4 Å². The van der Waals surface area contributed by atoms with Crippen molar-refractivity contribution in [1.82, 2.24) is 14.9 Å². The lowest BCUT2D eigenvalue weighted by Gasteiger charge is -2.31. The first-order valence-electron chi connectivity index (χ1n) is 6.40. The number of hydrogen-bond donors (Lipinski definition) is 2. The van der Waals surface area contributed by atoms with Crippen LogP contribution in [0.2, 0.25) is 0 Å². The second-order valence-electron chi connectivity index (χ2n) is 4.65. The first kappa shape index (κ1) is 13.8. The summed E-state index contributed by atoms with van der Waals surface area (Å²) >= 11 is 2.03. The number of H-pyrrole nitrogens is 1. The first-order valence-corrected chi connectivity index (χ1v) is 7.48. The highest BCUT2D eigenvalue weighted by molar-refractivity contribution is 14.1. The number of anilines is 1. The molecule has 1 aliphatic heterocycles. The molecule has 1 saturated heterocycles. The Balaban J connectivity index is 1.85. The summed E-state index contributed by atoms with van der Waals surface area (Å²) in [6.45, 7) is 6.63. The van der Waals surface area contributed by atoms with Gasteiger partial charge in [-0.15, -0.1) is 0 Å². The smallest absolute Gasteiger partial charge is 0.266 e. The Hall–Kier alpha value is -0.630. The van der Waals surface area contributed by atoms with Crippen molar-refractivity contribution in [3.05, 3.63) is 20.3 Å². The first-order chi connectivity index (χ1) is 8.70. The number of piperidine rings is 1. The van der Waals surface area contributed by atoms with E-state index < -0.39 is 0 Å². The van der Waals surface area contributed by atoms with Crippen molar-refractivity contribution in [1.29, 1.82) is 0 Å². The normalized spacial score (nSPS) is 17.9. The van der Waals surface area contributed by atoms with Crippen molar-refractivity contribution in [3.63, 3.8) is 0 Å². The van der Waals surface area contributed by atoms with Gasteiger partial charge in [-0.1, -0.05) is 6.92 Å². The zero-order valence-corrected chi connectivity index (χ0v) is 12.7. The van der Waals surface area contributed by atoms with Crippen LogP contribution in [-0.4, -0.2) is 41.0 Å². The van der Waals surface area contributed by atoms with E-state index in [1.807, 2.05) is 22.6 Å². The van der Waals surface area contributed by atoms with Crippen LogP contribution in [0.15, 0.2) is 11.1 Å². The Labute approximate surface area is 121 Å². The van der Waals surface area contributed by atoms with Gasteiger partial charge < -0.3 is 15.2 Å². The van der Waals surface area contributed by atoms with Crippen molar-refractivity contribution in [2.75, 3.05) is 31.5 Å². The number of halogens is 1. The van der Waals surface area contributed by atoms with Crippen LogP contribution in [0.4, 0.5) is 5.82 Å². The minimum Gasteiger partial charge on any atom is -0.369 e. The fourth-order valence-electron chi connectivity index (χ4n) is 2.25. The molecule has 1 aliphatic rings. The number of aromatic nitrogens is 2. The van der Waals surface area contributed by atoms with Crippen molar-refractivity contribution in [2.24, 2.45) is 5.92 Å². The molecule has 2 rings (SSSR count). The molecule has 18 heavy (non-hydrogen) atoms. The quantitative estimate of drug-likeness (QED) is 0.798. The Morgan fingerprint density at radius 1 is 1.56 bits per heavy atom. The minimum absolute atomic E-state index is 0.0751. The number of aromatic amines is 1. The molecule has 5 nitrogen and oxygen atoms in total. The summed E-state index contributed by atoms with van der Waals surface area (Å²) in [6, 6.07) is 0. The number of nitrogens with zero attached hydrogens (tertiary/aromatic N) is 2. The van der Waals surface area contributed by atoms with Crippen LogP contribution in [0.1, 0.15) is 19.8 Å². The van der Waals surface area contributed by atoms with E-state index in [4.69, 9.17) is 0 Å². The van der Waals surface area contributed by atoms with Crippen LogP contribution in [0.5, 0.6) is 0 Å². The summed E-state index contributed by atoms with van der Waals surface area (Å²) in [7, 11) is 0. The molecule has 6 heteroatoms. The number of likely N-dealkylation sites (tertiary alicyclic amines) is 1. The summed E-state index contributed by atoms with van der Waals surface area (Å²) in [4.78, 5) is 20.6. The van der Waals surface area contributed by atoms with Gasteiger partial charge >= 0.3 is 0 Å². The monoisotopic (exact) mass is 362 g/mol. The molecule has 1 fully saturated rings. The molecule has 2 N–H and O–H groups in total. The molecule has 1 aromatic rings. The third kappa shape index (κ3) is 3.44. The lowest BCUT2D eigenvalue weighted by molar-refractivity contribution is 0.198. The van der Waals surface area contributed by atoms with Gasteiger partial charge in [0, 0.05) is 6.54 Å². The largest absolute Gasteiger partial charge is 0.369 e. The van der Waals surface area contributed by atoms with E-state index in [0.717, 1.165) is 13.1 Å². The van der Waals surface area contributed by atoms with Crippen LogP contribution >= 0.6 is 22.6 Å². The van der Waals surface area contributed by atoms with E-state index in [9.17, 15) is 4.79 Å². The number of hydrogen-bond acceptors (Lipinski definition) is 4. The van der Waals surface area contributed by atoms with E-state index in [-0.39, 0.29) is 5.56 Å². The van der Waals surface area contributed by atoms with E-state index >= 15 is 0 Å². The van der Waals surface area contributed by atoms with Gasteiger partial charge in [0.05, 0.1) is 6.33 Å². The average molecular weight is 362 g/mol. The van der Waals surface area contributed by atoms with E-state index in [0.29, 0.717) is 15.3 Å². The fourth-order valence-corrected chi connectivity index (χ4v) is 2.74. The van der Waals surface area contributed by atoms with Crippen LogP contribution < -0.4 is 10.9 Å². The molecule has 0 amide bonds. The molecule has 0 saturated carbocycles. The summed E-state index contributed by atoms with van der Waals surface area (Å²) in [5, 5.41) is 3.30. The van der Waals surface area contributed by atoms with E-state index in [2.05, 4.69) is 27.1 Å². The van der Waals surface area contributed by atoms with Gasteiger partial charge in [0.2, 0.25) is 0 Å². The van der Waals surface area contributed by atoms with Gasteiger partial charge in [-0.2, -0.15) is 0 Å². The van der Waals surface area contributed by atoms with Crippen LogP contribution in [-0.2, 0) is 0 Å². The molecular formula is C12H19IN4O. The molecule has 0 atom stereocenters. The summed E-state index contributed by atoms with van der Waals surface area (Å²) in [5.41, 5.74) is -0.0751. The lowest BCUT2D eigenvalue weighted by Crippen LogP contribution is -2.35. The Morgan fingerprint density at radius 3 is 2.94 bits per heavy atom. The van der Waals surface area contributed by atoms with Crippen LogP contribution in [0.3, 0.4) is 0 Å². The van der Waals surface area contributed by atoms with Gasteiger partial charge in [-0.25, -0.2) is 4.98 Å². The maximum atomic E-state index is 11.4. The molecule has 0 aliphatic carbocycles. The molecule has 1 aromatic heterocycles. The molecule has 0 radical (unpaired) electrons. The third-order valence-electron chi connectivity index (χ3n) is 3.51. The standard InChI is InChI=1S/C12H19IN4O/c1-2-17-5-3-9(4-6-17)7-14-11-10(13)12(18)16-8-15-11/h8-9H,2-7H2,1H3,(H2,14,15,16,18). The Kier molecular flexibility index (Phi) is 4.99. The van der Waals surface area contributed by atoms with Crippen LogP contribution in [0.25, 0.3) is 0 Å². The zero-order valence-electron chi connectivity index (χ0n) is 10.6. The summed E-state index contributed by atoms with van der Waals surface area (Å²) < 4.78 is 0.640. The molecular weight excluding hydrogens is 343 g/mol. The van der Waals surface area contributed by atoms with E-state index in [1.54, 1.807) is 0 Å². The van der Waals surface area contributed by atoms with Gasteiger partial charge in [-0.3, -0.25) is 4.79 Å². The maximum absolute atomic E-state index is 11.4. The summed E-state index contributed by atoms with van der Waals surface area (Å²) in [6.07, 6.45) is 3.90. The molecule has 2 heterocycles. The van der Waals surface area contributed by atoms with Crippen molar-refractivity contribution < 1.29 is 0 Å². The molecule has 0 spiro atoms. The number of nitrogens with one attached hydrogen (secondary N) is 2. The SMILES string of the molecule is CCN1CCC(CNc2nc[nH]c(=O)c2I)CC1. The molecule has 0 unspecified atom stereocenters. The summed E-state index contributed by atoms with van der Waals surface area (Å²) in [5.74, 6) is 1.39. The van der Waals surface area contributed by atoms with Gasteiger partial charge in [-0.05, 0) is 61.0 Å². The average Bonchev–Trinajstić information content (AvgIpc) is 2.41. The molecule has 0 aromatic carbocycles. The van der Waals surface area contributed by atoms with Gasteiger partial charge in [0.15, 0.2) is 0 Å². The van der Waals surface area contributed by atoms with Crippen LogP contribution in [0, 0.1) is 9.49 Å². The molecule has 0 bridgehead atoms. The maximum Gasteiger partial charge on any atom is 0.266 e. The number of rotatable bonds is 4. The highest BCUT2D eigenvalue weighted by Gasteiger charge is 2.18. The fraction of sp³-hybridized carbons (Fsp3) is 0.667. The highest BCUT2D eigenvalue weighted by Crippen LogP contribution is 2.18. The second-order valence-corrected chi connectivity index (χ2v) is 5.73. The lowest BCUT2D eigenvalue weighted by atomic mass is 9.97. The minimum atomic E-state index is -0.0751. The van der Waals surface area contributed by atoms with Crippen molar-refractivity contribution in [3.8, 4) is 0 Å².